The summed E-state index contributed by atoms with van der Waals surface area (Å²) in [7, 11) is 0. The van der Waals surface area contributed by atoms with Gasteiger partial charge in [-0.05, 0) is 70.2 Å². The summed E-state index contributed by atoms with van der Waals surface area (Å²) in [5.41, 5.74) is 11.9. The van der Waals surface area contributed by atoms with Crippen molar-refractivity contribution in [2.45, 2.75) is 6.42 Å². The summed E-state index contributed by atoms with van der Waals surface area (Å²) in [6.45, 7) is 4.38. The maximum absolute atomic E-state index is 5.35. The Morgan fingerprint density at radius 2 is 1.16 bits per heavy atom. The number of nitrogens with zero attached hydrogens (tertiary/aromatic N) is 3. The lowest BCUT2D eigenvalue weighted by atomic mass is 10.0. The number of aromatic nitrogens is 3. The summed E-state index contributed by atoms with van der Waals surface area (Å²) in [5, 5.41) is 2.21. The second-order valence-corrected chi connectivity index (χ2v) is 13.8. The van der Waals surface area contributed by atoms with Gasteiger partial charge in [0.25, 0.3) is 0 Å². The summed E-state index contributed by atoms with van der Waals surface area (Å²) in [5.74, 6) is 0.645. The molecule has 0 unspecified atom stereocenters. The van der Waals surface area contributed by atoms with Crippen molar-refractivity contribution < 1.29 is 0 Å². The third-order valence-corrected chi connectivity index (χ3v) is 10.7. The van der Waals surface area contributed by atoms with Crippen molar-refractivity contribution in [2.75, 3.05) is 0 Å². The summed E-state index contributed by atoms with van der Waals surface area (Å²) in [4.78, 5) is 13.0. The van der Waals surface area contributed by atoms with E-state index in [1.54, 1.807) is 0 Å². The average Bonchev–Trinajstić information content (AvgIpc) is 3.81. The molecule has 0 saturated heterocycles. The van der Waals surface area contributed by atoms with Crippen LogP contribution in [0.4, 0.5) is 0 Å². The fourth-order valence-electron chi connectivity index (χ4n) is 6.92. The van der Waals surface area contributed by atoms with E-state index in [9.17, 15) is 0 Å². The van der Waals surface area contributed by atoms with E-state index in [-0.39, 0.29) is 0 Å². The molecule has 0 aliphatic heterocycles. The minimum atomic E-state index is 0.645. The van der Waals surface area contributed by atoms with Crippen LogP contribution < -0.4 is 0 Å². The van der Waals surface area contributed by atoms with Gasteiger partial charge in [-0.3, -0.25) is 4.57 Å². The van der Waals surface area contributed by atoms with E-state index in [1.807, 2.05) is 23.5 Å². The zero-order chi connectivity index (χ0) is 34.1. The van der Waals surface area contributed by atoms with Crippen molar-refractivity contribution in [2.24, 2.45) is 0 Å². The van der Waals surface area contributed by atoms with Crippen molar-refractivity contribution in [1.29, 1.82) is 0 Å². The van der Waals surface area contributed by atoms with E-state index in [0.29, 0.717) is 5.95 Å². The second-order valence-electron chi connectivity index (χ2n) is 12.7. The fraction of sp³-hybridized carbons (Fsp3) is 0.0213. The largest absolute Gasteiger partial charge is 0.278 e. The molecule has 0 spiro atoms. The Hall–Kier alpha value is -6.36. The molecule has 0 radical (unpaired) electrons. The molecule has 0 N–H and O–H groups in total. The molecule has 242 valence electrons. The number of hydrogen-bond acceptors (Lipinski definition) is 3. The minimum Gasteiger partial charge on any atom is -0.278 e. The molecule has 1 aliphatic rings. The number of thiophene rings is 1. The summed E-state index contributed by atoms with van der Waals surface area (Å²) in [6, 6.07) is 51.1. The lowest BCUT2D eigenvalue weighted by molar-refractivity contribution is 0.965. The van der Waals surface area contributed by atoms with Gasteiger partial charge in [0.05, 0.1) is 22.4 Å². The quantitative estimate of drug-likeness (QED) is 0.182. The average molecular weight is 672 g/mol. The highest BCUT2D eigenvalue weighted by Gasteiger charge is 2.20. The van der Waals surface area contributed by atoms with Gasteiger partial charge in [0.15, 0.2) is 0 Å². The van der Waals surface area contributed by atoms with E-state index < -0.39 is 0 Å². The smallest absolute Gasteiger partial charge is 0.235 e. The van der Waals surface area contributed by atoms with Gasteiger partial charge in [0.2, 0.25) is 5.95 Å². The van der Waals surface area contributed by atoms with E-state index >= 15 is 0 Å². The first-order valence-electron chi connectivity index (χ1n) is 17.2. The van der Waals surface area contributed by atoms with Crippen LogP contribution >= 0.6 is 11.3 Å². The Kier molecular flexibility index (Phi) is 7.92. The molecular weight excluding hydrogens is 639 g/mol. The van der Waals surface area contributed by atoms with Gasteiger partial charge in [-0.2, -0.15) is 0 Å². The molecule has 51 heavy (non-hydrogen) atoms. The zero-order valence-corrected chi connectivity index (χ0v) is 28.7. The maximum atomic E-state index is 5.35. The Morgan fingerprint density at radius 3 is 1.96 bits per heavy atom. The number of fused-ring (bicyclic) bond motifs is 4. The molecule has 0 amide bonds. The van der Waals surface area contributed by atoms with Crippen LogP contribution in [0.25, 0.3) is 72.2 Å². The molecule has 1 aliphatic carbocycles. The molecule has 3 aromatic heterocycles. The normalized spacial score (nSPS) is 15.3. The molecule has 5 aromatic carbocycles. The van der Waals surface area contributed by atoms with Crippen LogP contribution in [0.3, 0.4) is 0 Å². The first-order chi connectivity index (χ1) is 25.2. The number of hydrogen-bond donors (Lipinski definition) is 0. The predicted octanol–water partition coefficient (Wildman–Crippen LogP) is 12.4. The van der Waals surface area contributed by atoms with Gasteiger partial charge >= 0.3 is 0 Å². The highest BCUT2D eigenvalue weighted by molar-refractivity contribution is 7.16. The molecule has 0 fully saturated rings. The molecule has 9 rings (SSSR count). The first-order valence-corrected chi connectivity index (χ1v) is 18.0. The lowest BCUT2D eigenvalue weighted by Gasteiger charge is -2.13. The molecule has 0 bridgehead atoms. The van der Waals surface area contributed by atoms with E-state index in [4.69, 9.17) is 9.97 Å². The van der Waals surface area contributed by atoms with Crippen LogP contribution in [0, 0.1) is 0 Å². The Balaban J connectivity index is 1.19. The summed E-state index contributed by atoms with van der Waals surface area (Å²) in [6.07, 6.45) is 11.7. The van der Waals surface area contributed by atoms with Crippen LogP contribution in [0.15, 0.2) is 182 Å². The molecule has 8 aromatic rings. The van der Waals surface area contributed by atoms with Gasteiger partial charge in [0, 0.05) is 26.1 Å². The summed E-state index contributed by atoms with van der Waals surface area (Å²) < 4.78 is 2.22. The molecule has 0 atom stereocenters. The Morgan fingerprint density at radius 1 is 0.529 bits per heavy atom. The van der Waals surface area contributed by atoms with Crippen LogP contribution in [0.1, 0.15) is 16.1 Å². The van der Waals surface area contributed by atoms with Crippen LogP contribution in [0.5, 0.6) is 0 Å². The molecule has 4 heteroatoms. The first kappa shape index (κ1) is 30.7. The molecule has 3 nitrogen and oxygen atoms in total. The van der Waals surface area contributed by atoms with E-state index in [1.165, 1.54) is 43.0 Å². The highest BCUT2D eigenvalue weighted by Crippen LogP contribution is 2.37. The van der Waals surface area contributed by atoms with Gasteiger partial charge in [-0.15, -0.1) is 11.3 Å². The van der Waals surface area contributed by atoms with E-state index in [2.05, 4.69) is 175 Å². The minimum absolute atomic E-state index is 0.645. The summed E-state index contributed by atoms with van der Waals surface area (Å²) >= 11 is 1.82. The second kappa shape index (κ2) is 13.2. The third-order valence-electron chi connectivity index (χ3n) is 9.48. The van der Waals surface area contributed by atoms with Crippen molar-refractivity contribution in [3.05, 3.63) is 198 Å². The lowest BCUT2D eigenvalue weighted by Crippen LogP contribution is -2.06. The topological polar surface area (TPSA) is 30.7 Å². The maximum Gasteiger partial charge on any atom is 0.235 e. The number of para-hydroxylation sites is 2. The third kappa shape index (κ3) is 5.86. The van der Waals surface area contributed by atoms with Gasteiger partial charge < -0.3 is 0 Å². The molecular formula is C47H33N3S. The number of rotatable bonds is 5. The van der Waals surface area contributed by atoms with Crippen molar-refractivity contribution >= 4 is 44.8 Å². The van der Waals surface area contributed by atoms with Crippen LogP contribution in [-0.4, -0.2) is 14.5 Å². The standard InChI is InChI=1S/C47H33N3S/c1-32-20-22-36(45-31-30-44(51-45)35-14-6-3-7-15-35)27-28-39-38-16-9-11-19-42(38)50(43(39)29-21-32)47-48-41-18-10-8-17-40(41)46(49-47)37-25-23-34(24-26-37)33-12-4-2-5-13-33/h2-27,29-31H,1,28H2/b22-20-,29-21-,36-27+. The van der Waals surface area contributed by atoms with Crippen molar-refractivity contribution in [1.82, 2.24) is 14.5 Å². The highest BCUT2D eigenvalue weighted by atomic mass is 32.1. The predicted molar refractivity (Wildman–Crippen MR) is 216 cm³/mol. The van der Waals surface area contributed by atoms with Gasteiger partial charge in [-0.25, -0.2) is 9.97 Å². The number of allylic oxidation sites excluding steroid dienone is 6. The van der Waals surface area contributed by atoms with Gasteiger partial charge in [0.1, 0.15) is 0 Å². The van der Waals surface area contributed by atoms with Crippen molar-refractivity contribution in [3.8, 4) is 38.8 Å². The van der Waals surface area contributed by atoms with Crippen LogP contribution in [-0.2, 0) is 6.42 Å². The molecule has 0 saturated carbocycles. The molecule has 3 heterocycles. The van der Waals surface area contributed by atoms with E-state index in [0.717, 1.165) is 45.4 Å². The van der Waals surface area contributed by atoms with Crippen molar-refractivity contribution in [3.63, 3.8) is 0 Å². The SMILES string of the molecule is C=C1/C=C\C(c2ccc(-c3ccccc3)s2)=C/Cc2c(n(-c3nc(-c4ccc(-c5ccccc5)cc4)c4ccccc4n3)c3ccccc23)/C=C\1. The van der Waals surface area contributed by atoms with Gasteiger partial charge in [-0.1, -0.05) is 152 Å². The zero-order valence-electron chi connectivity index (χ0n) is 27.9. The fourth-order valence-corrected chi connectivity index (χ4v) is 7.95. The Bertz CT molecular complexity index is 2650. The number of benzene rings is 5. The monoisotopic (exact) mass is 671 g/mol. The Labute approximate surface area is 301 Å². The van der Waals surface area contributed by atoms with Crippen LogP contribution in [0.2, 0.25) is 0 Å².